The van der Waals surface area contributed by atoms with E-state index >= 15 is 0 Å². The summed E-state index contributed by atoms with van der Waals surface area (Å²) in [5.74, 6) is 0.236. The molecule has 2 saturated heterocycles. The molecule has 3 rings (SSSR count). The molecule has 1 aromatic rings. The van der Waals surface area contributed by atoms with Gasteiger partial charge in [0.25, 0.3) is 0 Å². The van der Waals surface area contributed by atoms with E-state index in [0.717, 1.165) is 37.7 Å². The molecule has 7 heteroatoms. The zero-order valence-electron chi connectivity index (χ0n) is 14.9. The van der Waals surface area contributed by atoms with Crippen LogP contribution < -0.4 is 4.90 Å². The van der Waals surface area contributed by atoms with Crippen molar-refractivity contribution >= 4 is 22.4 Å². The van der Waals surface area contributed by atoms with Gasteiger partial charge in [-0.05, 0) is 27.2 Å². The number of carbonyl (C=O) groups is 1. The van der Waals surface area contributed by atoms with E-state index in [-0.39, 0.29) is 24.2 Å². The first-order chi connectivity index (χ1) is 11.5. The van der Waals surface area contributed by atoms with Gasteiger partial charge in [0.2, 0.25) is 5.91 Å². The van der Waals surface area contributed by atoms with E-state index in [4.69, 9.17) is 4.74 Å². The topological polar surface area (TPSA) is 48.9 Å². The van der Waals surface area contributed by atoms with Crippen LogP contribution in [-0.2, 0) is 9.53 Å². The van der Waals surface area contributed by atoms with Gasteiger partial charge in [-0.25, -0.2) is 4.98 Å². The monoisotopic (exact) mass is 352 g/mol. The number of ether oxygens (including phenoxy) is 1. The second-order valence-electron chi connectivity index (χ2n) is 6.87. The lowest BCUT2D eigenvalue weighted by Gasteiger charge is -2.38. The third-order valence-corrected chi connectivity index (χ3v) is 5.69. The van der Waals surface area contributed by atoms with Crippen LogP contribution in [0.4, 0.5) is 5.13 Å². The maximum absolute atomic E-state index is 12.9. The van der Waals surface area contributed by atoms with Gasteiger partial charge in [-0.2, -0.15) is 0 Å². The van der Waals surface area contributed by atoms with Crippen LogP contribution in [-0.4, -0.2) is 78.2 Å². The zero-order valence-corrected chi connectivity index (χ0v) is 15.7. The average Bonchev–Trinajstić information content (AvgIpc) is 2.97. The summed E-state index contributed by atoms with van der Waals surface area (Å²) in [6.45, 7) is 11.3. The maximum Gasteiger partial charge on any atom is 0.239 e. The molecule has 24 heavy (non-hydrogen) atoms. The predicted molar refractivity (Wildman–Crippen MR) is 96.6 cm³/mol. The van der Waals surface area contributed by atoms with Crippen LogP contribution in [0, 0.1) is 0 Å². The number of carbonyl (C=O) groups excluding carboxylic acids is 1. The third-order valence-electron chi connectivity index (χ3n) is 4.86. The summed E-state index contributed by atoms with van der Waals surface area (Å²) >= 11 is 1.69. The SMILES string of the molecule is C[C@@H]1CN(C(=O)[C@H](C)N2CCCN(c3nccs3)CC2)C[C@H](C)O1. The summed E-state index contributed by atoms with van der Waals surface area (Å²) in [7, 11) is 0. The second-order valence-corrected chi connectivity index (χ2v) is 7.74. The van der Waals surface area contributed by atoms with Crippen molar-refractivity contribution in [2.75, 3.05) is 44.2 Å². The molecule has 0 saturated carbocycles. The minimum absolute atomic E-state index is 0.0706. The Kier molecular flexibility index (Phi) is 5.73. The molecular weight excluding hydrogens is 324 g/mol. The molecule has 1 amide bonds. The number of amides is 1. The van der Waals surface area contributed by atoms with Crippen molar-refractivity contribution < 1.29 is 9.53 Å². The minimum atomic E-state index is -0.0706. The average molecular weight is 353 g/mol. The number of hydrogen-bond acceptors (Lipinski definition) is 6. The van der Waals surface area contributed by atoms with Gasteiger partial charge in [-0.1, -0.05) is 0 Å². The van der Waals surface area contributed by atoms with E-state index in [1.54, 1.807) is 11.3 Å². The van der Waals surface area contributed by atoms with Crippen molar-refractivity contribution in [2.45, 2.75) is 45.4 Å². The Balaban J connectivity index is 1.58. The van der Waals surface area contributed by atoms with Crippen molar-refractivity contribution in [3.63, 3.8) is 0 Å². The molecule has 0 spiro atoms. The number of thiazole rings is 1. The van der Waals surface area contributed by atoms with Crippen LogP contribution in [0.3, 0.4) is 0 Å². The standard InChI is InChI=1S/C17H28N4O2S/c1-13-11-21(12-14(2)23-13)16(22)15(3)19-6-4-7-20(9-8-19)17-18-5-10-24-17/h5,10,13-15H,4,6-9,11-12H2,1-3H3/t13-,14+,15-/m0/s1. The lowest BCUT2D eigenvalue weighted by molar-refractivity contribution is -0.148. The Hall–Kier alpha value is -1.18. The molecule has 1 aromatic heterocycles. The van der Waals surface area contributed by atoms with E-state index in [2.05, 4.69) is 14.8 Å². The number of rotatable bonds is 3. The fraction of sp³-hybridized carbons (Fsp3) is 0.765. The first-order valence-corrected chi connectivity index (χ1v) is 9.75. The molecule has 0 N–H and O–H groups in total. The summed E-state index contributed by atoms with van der Waals surface area (Å²) in [4.78, 5) is 24.0. The number of aromatic nitrogens is 1. The van der Waals surface area contributed by atoms with Gasteiger partial charge in [-0.3, -0.25) is 9.69 Å². The number of morpholine rings is 1. The highest BCUT2D eigenvalue weighted by atomic mass is 32.1. The van der Waals surface area contributed by atoms with Gasteiger partial charge >= 0.3 is 0 Å². The molecule has 0 aromatic carbocycles. The van der Waals surface area contributed by atoms with E-state index in [1.165, 1.54) is 0 Å². The van der Waals surface area contributed by atoms with Crippen LogP contribution in [0.15, 0.2) is 11.6 Å². The molecule has 0 aliphatic carbocycles. The van der Waals surface area contributed by atoms with Gasteiger partial charge in [0, 0.05) is 50.8 Å². The van der Waals surface area contributed by atoms with Crippen LogP contribution >= 0.6 is 11.3 Å². The van der Waals surface area contributed by atoms with Crippen molar-refractivity contribution in [1.82, 2.24) is 14.8 Å². The van der Waals surface area contributed by atoms with Crippen LogP contribution in [0.2, 0.25) is 0 Å². The van der Waals surface area contributed by atoms with E-state index in [0.29, 0.717) is 13.1 Å². The van der Waals surface area contributed by atoms with Gasteiger partial charge in [-0.15, -0.1) is 11.3 Å². The fourth-order valence-corrected chi connectivity index (χ4v) is 4.36. The first-order valence-electron chi connectivity index (χ1n) is 8.87. The van der Waals surface area contributed by atoms with Gasteiger partial charge in [0.15, 0.2) is 5.13 Å². The Morgan fingerprint density at radius 2 is 2.00 bits per heavy atom. The van der Waals surface area contributed by atoms with Crippen LogP contribution in [0.1, 0.15) is 27.2 Å². The molecular formula is C17H28N4O2S. The van der Waals surface area contributed by atoms with Crippen molar-refractivity contribution in [2.24, 2.45) is 0 Å². The number of nitrogens with zero attached hydrogens (tertiary/aromatic N) is 4. The Labute approximate surface area is 148 Å². The van der Waals surface area contributed by atoms with E-state index < -0.39 is 0 Å². The third kappa shape index (κ3) is 4.07. The molecule has 3 atom stereocenters. The lowest BCUT2D eigenvalue weighted by Crippen LogP contribution is -2.54. The highest BCUT2D eigenvalue weighted by Gasteiger charge is 2.32. The lowest BCUT2D eigenvalue weighted by atomic mass is 10.1. The summed E-state index contributed by atoms with van der Waals surface area (Å²) in [5.41, 5.74) is 0. The highest BCUT2D eigenvalue weighted by Crippen LogP contribution is 2.20. The predicted octanol–water partition coefficient (Wildman–Crippen LogP) is 1.68. The molecule has 2 fully saturated rings. The van der Waals surface area contributed by atoms with E-state index in [9.17, 15) is 4.79 Å². The molecule has 0 radical (unpaired) electrons. The Bertz CT molecular complexity index is 529. The van der Waals surface area contributed by atoms with Gasteiger partial charge in [0.05, 0.1) is 18.2 Å². The van der Waals surface area contributed by atoms with Crippen LogP contribution in [0.25, 0.3) is 0 Å². The molecule has 3 heterocycles. The molecule has 2 aliphatic heterocycles. The minimum Gasteiger partial charge on any atom is -0.372 e. The second kappa shape index (κ2) is 7.80. The number of anilines is 1. The summed E-state index contributed by atoms with van der Waals surface area (Å²) in [5, 5.41) is 3.11. The van der Waals surface area contributed by atoms with Crippen molar-refractivity contribution in [3.05, 3.63) is 11.6 Å². The molecule has 2 aliphatic rings. The summed E-state index contributed by atoms with van der Waals surface area (Å²) in [6.07, 6.45) is 3.16. The normalized spacial score (nSPS) is 27.8. The Morgan fingerprint density at radius 3 is 2.67 bits per heavy atom. The zero-order chi connectivity index (χ0) is 17.1. The van der Waals surface area contributed by atoms with Crippen molar-refractivity contribution in [3.8, 4) is 0 Å². The molecule has 6 nitrogen and oxygen atoms in total. The largest absolute Gasteiger partial charge is 0.372 e. The van der Waals surface area contributed by atoms with Crippen LogP contribution in [0.5, 0.6) is 0 Å². The molecule has 0 unspecified atom stereocenters. The molecule has 134 valence electrons. The Morgan fingerprint density at radius 1 is 1.25 bits per heavy atom. The highest BCUT2D eigenvalue weighted by molar-refractivity contribution is 7.13. The summed E-state index contributed by atoms with van der Waals surface area (Å²) in [6, 6.07) is -0.0706. The van der Waals surface area contributed by atoms with Gasteiger partial charge < -0.3 is 14.5 Å². The van der Waals surface area contributed by atoms with Crippen molar-refractivity contribution in [1.29, 1.82) is 0 Å². The summed E-state index contributed by atoms with van der Waals surface area (Å²) < 4.78 is 5.75. The number of hydrogen-bond donors (Lipinski definition) is 0. The first kappa shape index (κ1) is 17.6. The smallest absolute Gasteiger partial charge is 0.239 e. The van der Waals surface area contributed by atoms with E-state index in [1.807, 2.05) is 37.2 Å². The van der Waals surface area contributed by atoms with Gasteiger partial charge in [0.1, 0.15) is 0 Å². The fourth-order valence-electron chi connectivity index (χ4n) is 3.67. The maximum atomic E-state index is 12.9. The molecule has 0 bridgehead atoms. The quantitative estimate of drug-likeness (QED) is 0.828.